The molecule has 0 amide bonds. The second-order valence-electron chi connectivity index (χ2n) is 4.58. The fourth-order valence-electron chi connectivity index (χ4n) is 2.07. The van der Waals surface area contributed by atoms with Gasteiger partial charge >= 0.3 is 0 Å². The van der Waals surface area contributed by atoms with Crippen LogP contribution >= 0.6 is 0 Å². The number of hydrogen-bond donors (Lipinski definition) is 2. The summed E-state index contributed by atoms with van der Waals surface area (Å²) in [5.74, 6) is 0.172. The predicted molar refractivity (Wildman–Crippen MR) is 78.2 cm³/mol. The van der Waals surface area contributed by atoms with Crippen molar-refractivity contribution in [3.8, 4) is 0 Å². The normalized spacial score (nSPS) is 11.6. The molecule has 0 aromatic carbocycles. The highest BCUT2D eigenvalue weighted by Gasteiger charge is 2.25. The zero-order valence-electron chi connectivity index (χ0n) is 11.9. The van der Waals surface area contributed by atoms with Gasteiger partial charge in [-0.1, -0.05) is 0 Å². The Hall–Kier alpha value is -2.00. The molecule has 0 aliphatic rings. The van der Waals surface area contributed by atoms with Gasteiger partial charge in [0.25, 0.3) is 10.0 Å². The van der Waals surface area contributed by atoms with E-state index < -0.39 is 10.0 Å². The van der Waals surface area contributed by atoms with Crippen molar-refractivity contribution in [3.05, 3.63) is 29.7 Å². The molecule has 3 N–H and O–H groups in total. The number of sulfonamides is 1. The molecule has 0 bridgehead atoms. The summed E-state index contributed by atoms with van der Waals surface area (Å²) >= 11 is 0. The van der Waals surface area contributed by atoms with E-state index in [9.17, 15) is 8.42 Å². The van der Waals surface area contributed by atoms with Crippen LogP contribution in [0.2, 0.25) is 0 Å². The minimum Gasteiger partial charge on any atom is -0.330 e. The summed E-state index contributed by atoms with van der Waals surface area (Å²) in [4.78, 5) is 0.171. The summed E-state index contributed by atoms with van der Waals surface area (Å²) in [7, 11) is -3.75. The molecule has 0 fully saturated rings. The van der Waals surface area contributed by atoms with Crippen LogP contribution in [-0.4, -0.2) is 34.9 Å². The Balaban J connectivity index is 2.34. The Morgan fingerprint density at radius 1 is 1.38 bits per heavy atom. The number of nitrogens with zero attached hydrogens (tertiary/aromatic N) is 4. The minimum absolute atomic E-state index is 0.171. The molecule has 0 saturated carbocycles. The van der Waals surface area contributed by atoms with E-state index in [1.807, 2.05) is 0 Å². The molecule has 0 atom stereocenters. The number of nitrogens with two attached hydrogens (primary N) is 1. The van der Waals surface area contributed by atoms with Gasteiger partial charge in [0.1, 0.15) is 4.90 Å². The number of anilines is 1. The zero-order valence-corrected chi connectivity index (χ0v) is 12.8. The lowest BCUT2D eigenvalue weighted by atomic mass is 10.4. The van der Waals surface area contributed by atoms with Crippen LogP contribution in [0.5, 0.6) is 0 Å². The first-order valence-corrected chi connectivity index (χ1v) is 7.98. The van der Waals surface area contributed by atoms with Gasteiger partial charge in [-0.2, -0.15) is 10.2 Å². The monoisotopic (exact) mass is 310 g/mol. The highest BCUT2D eigenvalue weighted by atomic mass is 32.2. The smallest absolute Gasteiger partial charge is 0.266 e. The molecule has 0 radical (unpaired) electrons. The van der Waals surface area contributed by atoms with Crippen molar-refractivity contribution in [2.45, 2.75) is 31.7 Å². The van der Waals surface area contributed by atoms with Gasteiger partial charge in [-0.05, 0) is 38.9 Å². The largest absolute Gasteiger partial charge is 0.330 e. The topological polar surface area (TPSA) is 116 Å². The second-order valence-corrected chi connectivity index (χ2v) is 6.20. The minimum atomic E-state index is -3.75. The molecule has 114 valence electrons. The Bertz CT molecular complexity index is 711. The molecule has 0 spiro atoms. The van der Waals surface area contributed by atoms with Crippen LogP contribution in [0, 0.1) is 13.8 Å². The molecule has 2 rings (SSSR count). The average Bonchev–Trinajstić information content (AvgIpc) is 2.72. The van der Waals surface area contributed by atoms with Crippen LogP contribution in [0.25, 0.3) is 0 Å². The number of aryl methyl sites for hydroxylation is 2. The lowest BCUT2D eigenvalue weighted by Gasteiger charge is -2.07. The third-order valence-corrected chi connectivity index (χ3v) is 4.58. The highest BCUT2D eigenvalue weighted by molar-refractivity contribution is 7.92. The molecule has 21 heavy (non-hydrogen) atoms. The SMILES string of the molecule is Cc1nn(CCCN)c(C)c1S(=O)(=O)Nc1cccnn1. The van der Waals surface area contributed by atoms with Crippen molar-refractivity contribution >= 4 is 15.8 Å². The fraction of sp³-hybridized carbons (Fsp3) is 0.417. The van der Waals surface area contributed by atoms with Gasteiger partial charge in [0.2, 0.25) is 0 Å². The van der Waals surface area contributed by atoms with E-state index >= 15 is 0 Å². The third kappa shape index (κ3) is 3.37. The van der Waals surface area contributed by atoms with Crippen LogP contribution < -0.4 is 10.5 Å². The summed E-state index contributed by atoms with van der Waals surface area (Å²) < 4.78 is 29.0. The van der Waals surface area contributed by atoms with Gasteiger partial charge in [-0.3, -0.25) is 9.40 Å². The van der Waals surface area contributed by atoms with E-state index in [-0.39, 0.29) is 10.7 Å². The van der Waals surface area contributed by atoms with Crippen molar-refractivity contribution in [2.24, 2.45) is 5.73 Å². The molecular formula is C12H18N6O2S. The van der Waals surface area contributed by atoms with E-state index in [0.29, 0.717) is 24.5 Å². The maximum absolute atomic E-state index is 12.5. The van der Waals surface area contributed by atoms with Crippen molar-refractivity contribution in [3.63, 3.8) is 0 Å². The Labute approximate surface area is 123 Å². The summed E-state index contributed by atoms with van der Waals surface area (Å²) in [6.07, 6.45) is 2.21. The predicted octanol–water partition coefficient (Wildman–Crippen LogP) is 0.440. The van der Waals surface area contributed by atoms with Crippen LogP contribution in [-0.2, 0) is 16.6 Å². The Morgan fingerprint density at radius 2 is 2.14 bits per heavy atom. The lowest BCUT2D eigenvalue weighted by molar-refractivity contribution is 0.565. The molecule has 2 aromatic heterocycles. The molecular weight excluding hydrogens is 292 g/mol. The zero-order chi connectivity index (χ0) is 15.5. The Morgan fingerprint density at radius 3 is 2.76 bits per heavy atom. The number of rotatable bonds is 6. The van der Waals surface area contributed by atoms with Gasteiger partial charge in [-0.15, -0.1) is 5.10 Å². The number of nitrogens with one attached hydrogen (secondary N) is 1. The maximum Gasteiger partial charge on any atom is 0.266 e. The first-order chi connectivity index (χ1) is 9.95. The third-order valence-electron chi connectivity index (χ3n) is 2.97. The van der Waals surface area contributed by atoms with Crippen molar-refractivity contribution < 1.29 is 8.42 Å². The summed E-state index contributed by atoms with van der Waals surface area (Å²) in [5, 5.41) is 11.6. The fourth-order valence-corrected chi connectivity index (χ4v) is 3.48. The van der Waals surface area contributed by atoms with Gasteiger partial charge < -0.3 is 5.73 Å². The molecule has 0 saturated heterocycles. The van der Waals surface area contributed by atoms with Crippen LogP contribution in [0.4, 0.5) is 5.82 Å². The molecule has 0 aliphatic carbocycles. The lowest BCUT2D eigenvalue weighted by Crippen LogP contribution is -2.16. The van der Waals surface area contributed by atoms with Gasteiger partial charge in [0.05, 0.1) is 11.4 Å². The van der Waals surface area contributed by atoms with Gasteiger partial charge in [0, 0.05) is 12.7 Å². The van der Waals surface area contributed by atoms with E-state index in [1.165, 1.54) is 12.3 Å². The van der Waals surface area contributed by atoms with E-state index in [0.717, 1.165) is 6.42 Å². The first kappa shape index (κ1) is 15.4. The summed E-state index contributed by atoms with van der Waals surface area (Å²) in [6.45, 7) is 4.50. The summed E-state index contributed by atoms with van der Waals surface area (Å²) in [6, 6.07) is 3.14. The highest BCUT2D eigenvalue weighted by Crippen LogP contribution is 2.21. The average molecular weight is 310 g/mol. The molecule has 8 nitrogen and oxygen atoms in total. The first-order valence-electron chi connectivity index (χ1n) is 6.50. The number of hydrogen-bond acceptors (Lipinski definition) is 6. The van der Waals surface area contributed by atoms with Crippen molar-refractivity contribution in [2.75, 3.05) is 11.3 Å². The van der Waals surface area contributed by atoms with E-state index in [4.69, 9.17) is 5.73 Å². The standard InChI is InChI=1S/C12H18N6O2S/c1-9-12(10(2)18(16-9)8-4-6-13)21(19,20)17-11-5-3-7-14-15-11/h3,5,7H,4,6,8,13H2,1-2H3,(H,15,17). The quantitative estimate of drug-likeness (QED) is 0.799. The van der Waals surface area contributed by atoms with Crippen molar-refractivity contribution in [1.82, 2.24) is 20.0 Å². The molecule has 9 heteroatoms. The van der Waals surface area contributed by atoms with Gasteiger partial charge in [-0.25, -0.2) is 8.42 Å². The maximum atomic E-state index is 12.5. The van der Waals surface area contributed by atoms with Crippen LogP contribution in [0.15, 0.2) is 23.2 Å². The molecule has 2 aromatic rings. The van der Waals surface area contributed by atoms with E-state index in [2.05, 4.69) is 20.0 Å². The molecule has 0 aliphatic heterocycles. The van der Waals surface area contributed by atoms with E-state index in [1.54, 1.807) is 24.6 Å². The van der Waals surface area contributed by atoms with Crippen molar-refractivity contribution in [1.29, 1.82) is 0 Å². The summed E-state index contributed by atoms with van der Waals surface area (Å²) in [5.41, 5.74) is 6.50. The number of aromatic nitrogens is 4. The molecule has 2 heterocycles. The Kier molecular flexibility index (Phi) is 4.53. The second kappa shape index (κ2) is 6.19. The molecule has 0 unspecified atom stereocenters. The van der Waals surface area contributed by atoms with Crippen LogP contribution in [0.1, 0.15) is 17.8 Å². The van der Waals surface area contributed by atoms with Gasteiger partial charge in [0.15, 0.2) is 5.82 Å². The van der Waals surface area contributed by atoms with Crippen LogP contribution in [0.3, 0.4) is 0 Å².